The van der Waals surface area contributed by atoms with Crippen LogP contribution < -0.4 is 10.1 Å². The van der Waals surface area contributed by atoms with Gasteiger partial charge in [-0.05, 0) is 35.9 Å². The highest BCUT2D eigenvalue weighted by Gasteiger charge is 2.17. The van der Waals surface area contributed by atoms with Crippen LogP contribution in [0, 0.1) is 5.82 Å². The molecule has 3 aromatic rings. The molecule has 2 aromatic carbocycles. The fraction of sp³-hybridized carbons (Fsp3) is 0.111. The number of amides is 1. The first kappa shape index (κ1) is 15.7. The van der Waals surface area contributed by atoms with Crippen molar-refractivity contribution >= 4 is 29.0 Å². The normalized spacial score (nSPS) is 11.1. The summed E-state index contributed by atoms with van der Waals surface area (Å²) in [7, 11) is 3.08. The molecule has 0 radical (unpaired) electrons. The van der Waals surface area contributed by atoms with Crippen molar-refractivity contribution in [2.75, 3.05) is 14.2 Å². The Morgan fingerprint density at radius 1 is 1.21 bits per heavy atom. The molecule has 0 aliphatic carbocycles. The zero-order valence-corrected chi connectivity index (χ0v) is 13.3. The maximum absolute atomic E-state index is 13.0. The molecule has 6 heteroatoms. The van der Waals surface area contributed by atoms with Gasteiger partial charge in [0.1, 0.15) is 11.6 Å². The Labute approximate surface area is 138 Å². The summed E-state index contributed by atoms with van der Waals surface area (Å²) in [6.07, 6.45) is 3.65. The molecule has 1 aromatic heterocycles. The molecule has 2 N–H and O–H groups in total. The summed E-state index contributed by atoms with van der Waals surface area (Å²) in [5, 5.41) is 10.5. The molecule has 122 valence electrons. The first-order chi connectivity index (χ1) is 11.6. The number of methoxy groups -OCH3 is 1. The number of hydrogen-bond acceptors (Lipinski definition) is 3. The maximum atomic E-state index is 13.0. The lowest BCUT2D eigenvalue weighted by Crippen LogP contribution is -2.18. The second kappa shape index (κ2) is 6.54. The highest BCUT2D eigenvalue weighted by atomic mass is 19.1. The highest BCUT2D eigenvalue weighted by Crippen LogP contribution is 2.32. The molecule has 0 fully saturated rings. The molecule has 0 unspecified atom stereocenters. The minimum absolute atomic E-state index is 0.233. The van der Waals surface area contributed by atoms with Crippen molar-refractivity contribution in [3.63, 3.8) is 0 Å². The second-order valence-electron chi connectivity index (χ2n) is 5.14. The third-order valence-corrected chi connectivity index (χ3v) is 3.69. The van der Waals surface area contributed by atoms with E-state index >= 15 is 0 Å². The summed E-state index contributed by atoms with van der Waals surface area (Å²) in [5.74, 6) is -0.0567. The molecular formula is C18H16FN3O2. The fourth-order valence-corrected chi connectivity index (χ4v) is 2.50. The summed E-state index contributed by atoms with van der Waals surface area (Å²) in [5.41, 5.74) is 2.68. The van der Waals surface area contributed by atoms with Crippen molar-refractivity contribution in [1.82, 2.24) is 15.5 Å². The molecule has 0 saturated heterocycles. The first-order valence-corrected chi connectivity index (χ1v) is 7.35. The zero-order chi connectivity index (χ0) is 17.1. The molecule has 1 amide bonds. The number of carbonyl (C=O) groups excluding carboxylic acids is 1. The van der Waals surface area contributed by atoms with E-state index in [1.165, 1.54) is 19.2 Å². The number of hydrogen-bond donors (Lipinski definition) is 2. The lowest BCUT2D eigenvalue weighted by atomic mass is 10.1. The van der Waals surface area contributed by atoms with Crippen LogP contribution in [-0.4, -0.2) is 30.3 Å². The van der Waals surface area contributed by atoms with Gasteiger partial charge in [0, 0.05) is 7.05 Å². The number of H-pyrrole nitrogens is 1. The molecule has 0 spiro atoms. The number of nitrogens with one attached hydrogen (secondary N) is 2. The largest absolute Gasteiger partial charge is 0.495 e. The molecule has 1 heterocycles. The Morgan fingerprint density at radius 3 is 2.62 bits per heavy atom. The lowest BCUT2D eigenvalue weighted by Gasteiger charge is -2.08. The van der Waals surface area contributed by atoms with Crippen molar-refractivity contribution in [3.05, 3.63) is 59.0 Å². The van der Waals surface area contributed by atoms with E-state index in [0.29, 0.717) is 22.5 Å². The second-order valence-corrected chi connectivity index (χ2v) is 5.14. The van der Waals surface area contributed by atoms with Crippen LogP contribution >= 0.6 is 0 Å². The van der Waals surface area contributed by atoms with E-state index < -0.39 is 0 Å². The number of aromatic amines is 1. The number of benzene rings is 2. The van der Waals surface area contributed by atoms with Crippen LogP contribution in [0.4, 0.5) is 4.39 Å². The molecule has 24 heavy (non-hydrogen) atoms. The molecule has 5 nitrogen and oxygen atoms in total. The number of halogens is 1. The zero-order valence-electron chi connectivity index (χ0n) is 13.3. The van der Waals surface area contributed by atoms with Gasteiger partial charge in [-0.25, -0.2) is 4.39 Å². The fourth-order valence-electron chi connectivity index (χ4n) is 2.50. The molecular weight excluding hydrogens is 309 g/mol. The predicted molar refractivity (Wildman–Crippen MR) is 91.4 cm³/mol. The van der Waals surface area contributed by atoms with E-state index in [-0.39, 0.29) is 11.7 Å². The molecule has 3 rings (SSSR count). The van der Waals surface area contributed by atoms with Crippen LogP contribution in [0.25, 0.3) is 23.1 Å². The number of carbonyl (C=O) groups is 1. The number of aromatic nitrogens is 2. The van der Waals surface area contributed by atoms with Gasteiger partial charge in [-0.3, -0.25) is 9.89 Å². The number of rotatable bonds is 4. The Kier molecular flexibility index (Phi) is 4.29. The maximum Gasteiger partial charge on any atom is 0.254 e. The van der Waals surface area contributed by atoms with E-state index in [9.17, 15) is 9.18 Å². The topological polar surface area (TPSA) is 67.0 Å². The van der Waals surface area contributed by atoms with E-state index in [2.05, 4.69) is 15.5 Å². The van der Waals surface area contributed by atoms with E-state index in [0.717, 1.165) is 10.9 Å². The van der Waals surface area contributed by atoms with Crippen molar-refractivity contribution in [1.29, 1.82) is 0 Å². The van der Waals surface area contributed by atoms with Crippen LogP contribution in [0.2, 0.25) is 0 Å². The Bertz CT molecular complexity index is 914. The van der Waals surface area contributed by atoms with Crippen molar-refractivity contribution in [3.8, 4) is 5.75 Å². The third-order valence-electron chi connectivity index (χ3n) is 3.69. The molecule has 0 aliphatic heterocycles. The van der Waals surface area contributed by atoms with Gasteiger partial charge in [-0.1, -0.05) is 18.2 Å². The van der Waals surface area contributed by atoms with Crippen LogP contribution in [0.15, 0.2) is 36.4 Å². The van der Waals surface area contributed by atoms with Crippen LogP contribution in [0.5, 0.6) is 5.75 Å². The standard InChI is InChI=1S/C18H16FN3O2/c1-20-18(23)13-8-10-15-16(17(13)24-2)14(21-22-15)9-5-11-3-6-12(19)7-4-11/h3-10H,1-2H3,(H,20,23)(H,21,22). The van der Waals surface area contributed by atoms with E-state index in [4.69, 9.17) is 4.74 Å². The predicted octanol–water partition coefficient (Wildman–Crippen LogP) is 3.24. The number of ether oxygens (including phenoxy) is 1. The third kappa shape index (κ3) is 2.86. The summed E-state index contributed by atoms with van der Waals surface area (Å²) in [6.45, 7) is 0. The average molecular weight is 325 g/mol. The van der Waals surface area contributed by atoms with Crippen molar-refractivity contribution < 1.29 is 13.9 Å². The van der Waals surface area contributed by atoms with Crippen LogP contribution in [0.1, 0.15) is 21.6 Å². The van der Waals surface area contributed by atoms with E-state index in [1.807, 2.05) is 12.2 Å². The smallest absolute Gasteiger partial charge is 0.254 e. The monoisotopic (exact) mass is 325 g/mol. The average Bonchev–Trinajstić information content (AvgIpc) is 3.03. The molecule has 0 atom stereocenters. The van der Waals surface area contributed by atoms with Gasteiger partial charge in [0.25, 0.3) is 5.91 Å². The number of fused-ring (bicyclic) bond motifs is 1. The molecule has 0 aliphatic rings. The summed E-state index contributed by atoms with van der Waals surface area (Å²) in [6, 6.07) is 9.58. The first-order valence-electron chi connectivity index (χ1n) is 7.35. The minimum atomic E-state index is -0.281. The van der Waals surface area contributed by atoms with Gasteiger partial charge in [-0.15, -0.1) is 0 Å². The quantitative estimate of drug-likeness (QED) is 0.774. The minimum Gasteiger partial charge on any atom is -0.495 e. The Hall–Kier alpha value is -3.15. The lowest BCUT2D eigenvalue weighted by molar-refractivity contribution is 0.0960. The molecule has 0 saturated carbocycles. The SMILES string of the molecule is CNC(=O)c1ccc2n[nH]c(C=Cc3ccc(F)cc3)c2c1OC. The van der Waals surface area contributed by atoms with Crippen LogP contribution in [-0.2, 0) is 0 Å². The summed E-state index contributed by atoms with van der Waals surface area (Å²) < 4.78 is 18.4. The van der Waals surface area contributed by atoms with Gasteiger partial charge in [-0.2, -0.15) is 5.10 Å². The van der Waals surface area contributed by atoms with Crippen LogP contribution in [0.3, 0.4) is 0 Å². The van der Waals surface area contributed by atoms with E-state index in [1.54, 1.807) is 31.3 Å². The van der Waals surface area contributed by atoms with Gasteiger partial charge < -0.3 is 10.1 Å². The van der Waals surface area contributed by atoms with Gasteiger partial charge in [0.05, 0.1) is 29.3 Å². The summed E-state index contributed by atoms with van der Waals surface area (Å²) >= 11 is 0. The Balaban J connectivity index is 2.08. The van der Waals surface area contributed by atoms with Crippen molar-refractivity contribution in [2.45, 2.75) is 0 Å². The highest BCUT2D eigenvalue weighted by molar-refractivity contribution is 6.05. The summed E-state index contributed by atoms with van der Waals surface area (Å²) in [4.78, 5) is 12.0. The van der Waals surface area contributed by atoms with Gasteiger partial charge >= 0.3 is 0 Å². The number of nitrogens with zero attached hydrogens (tertiary/aromatic N) is 1. The van der Waals surface area contributed by atoms with Gasteiger partial charge in [0.2, 0.25) is 0 Å². The van der Waals surface area contributed by atoms with Crippen molar-refractivity contribution in [2.24, 2.45) is 0 Å². The van der Waals surface area contributed by atoms with Gasteiger partial charge in [0.15, 0.2) is 0 Å². The molecule has 0 bridgehead atoms. The Morgan fingerprint density at radius 2 is 1.96 bits per heavy atom.